The third kappa shape index (κ3) is 6.38. The molecular weight excluding hydrogens is 432 g/mol. The molecule has 1 saturated heterocycles. The third-order valence-corrected chi connectivity index (χ3v) is 6.29. The summed E-state index contributed by atoms with van der Waals surface area (Å²) in [5, 5.41) is 5.28. The van der Waals surface area contributed by atoms with Gasteiger partial charge in [0.25, 0.3) is 5.91 Å². The van der Waals surface area contributed by atoms with Crippen molar-refractivity contribution in [2.45, 2.75) is 38.7 Å². The highest BCUT2D eigenvalue weighted by Gasteiger charge is 2.28. The van der Waals surface area contributed by atoms with Crippen molar-refractivity contribution in [3.8, 4) is 0 Å². The molecule has 0 atom stereocenters. The molecule has 2 aromatic carbocycles. The Hall–Kier alpha value is -3.24. The molecule has 1 fully saturated rings. The zero-order chi connectivity index (χ0) is 23.3. The van der Waals surface area contributed by atoms with Gasteiger partial charge in [-0.2, -0.15) is 0 Å². The Bertz CT molecular complexity index is 1080. The van der Waals surface area contributed by atoms with Crippen molar-refractivity contribution in [3.63, 3.8) is 0 Å². The Morgan fingerprint density at radius 1 is 1.00 bits per heavy atom. The van der Waals surface area contributed by atoms with Crippen LogP contribution < -0.4 is 15.4 Å². The van der Waals surface area contributed by atoms with Crippen LogP contribution in [-0.2, 0) is 33.7 Å². The lowest BCUT2D eigenvalue weighted by molar-refractivity contribution is -0.125. The number of nitrogens with zero attached hydrogens (tertiary/aromatic N) is 1. The van der Waals surface area contributed by atoms with Crippen LogP contribution in [0.2, 0.25) is 0 Å². The molecule has 170 valence electrons. The van der Waals surface area contributed by atoms with E-state index in [1.54, 1.807) is 62.4 Å². The average Bonchev–Trinajstić information content (AvgIpc) is 3.04. The van der Waals surface area contributed by atoms with Crippen molar-refractivity contribution in [2.75, 3.05) is 6.54 Å². The van der Waals surface area contributed by atoms with Crippen LogP contribution in [0.15, 0.2) is 48.5 Å². The second kappa shape index (κ2) is 9.92. The van der Waals surface area contributed by atoms with Crippen molar-refractivity contribution in [3.05, 3.63) is 70.8 Å². The van der Waals surface area contributed by atoms with Gasteiger partial charge in [-0.3, -0.25) is 14.5 Å². The summed E-state index contributed by atoms with van der Waals surface area (Å²) < 4.78 is 26.6. The number of hydrogen-bond donors (Lipinski definition) is 3. The third-order valence-electron chi connectivity index (χ3n) is 4.74. The number of carbonyl (C=O) groups excluding carboxylic acids is 3. The number of carbonyl (C=O) groups is 3. The van der Waals surface area contributed by atoms with Gasteiger partial charge < -0.3 is 10.6 Å². The first-order valence-corrected chi connectivity index (χ1v) is 11.8. The average molecular weight is 459 g/mol. The molecule has 32 heavy (non-hydrogen) atoms. The molecule has 3 rings (SSSR count). The molecule has 0 saturated carbocycles. The highest BCUT2D eigenvalue weighted by Crippen LogP contribution is 2.12. The van der Waals surface area contributed by atoms with E-state index in [0.717, 1.165) is 16.0 Å². The van der Waals surface area contributed by atoms with E-state index in [0.29, 0.717) is 17.7 Å². The van der Waals surface area contributed by atoms with Gasteiger partial charge in [0.05, 0.1) is 18.8 Å². The highest BCUT2D eigenvalue weighted by molar-refractivity contribution is 7.88. The SMILES string of the molecule is CC(C)NS(=O)(=O)Cc1ccc(CNC(=O)c2ccc(CN3C(=O)CNC3=O)cc2)cc1. The van der Waals surface area contributed by atoms with Crippen LogP contribution in [0.1, 0.15) is 40.9 Å². The predicted molar refractivity (Wildman–Crippen MR) is 119 cm³/mol. The van der Waals surface area contributed by atoms with Crippen molar-refractivity contribution < 1.29 is 22.8 Å². The number of sulfonamides is 1. The summed E-state index contributed by atoms with van der Waals surface area (Å²) in [5.41, 5.74) is 2.69. The molecule has 0 aliphatic carbocycles. The monoisotopic (exact) mass is 458 g/mol. The molecule has 0 unspecified atom stereocenters. The van der Waals surface area contributed by atoms with Crippen LogP contribution in [0, 0.1) is 0 Å². The molecular formula is C22H26N4O5S. The standard InChI is InChI=1S/C22H26N4O5S/c1-15(2)25-32(30,31)14-18-5-3-16(4-6-18)11-23-21(28)19-9-7-17(8-10-19)13-26-20(27)12-24-22(26)29/h3-10,15,25H,11-14H2,1-2H3,(H,23,28)(H,24,29). The maximum Gasteiger partial charge on any atom is 0.324 e. The zero-order valence-electron chi connectivity index (χ0n) is 17.9. The molecule has 2 aromatic rings. The van der Waals surface area contributed by atoms with E-state index in [1.807, 2.05) is 0 Å². The first-order chi connectivity index (χ1) is 15.1. The number of nitrogens with one attached hydrogen (secondary N) is 3. The van der Waals surface area contributed by atoms with Gasteiger partial charge in [0.1, 0.15) is 0 Å². The Kier molecular flexibility index (Phi) is 7.26. The van der Waals surface area contributed by atoms with Crippen LogP contribution in [0.3, 0.4) is 0 Å². The summed E-state index contributed by atoms with van der Waals surface area (Å²) in [7, 11) is -3.39. The Balaban J connectivity index is 1.52. The first kappa shape index (κ1) is 23.4. The number of rotatable bonds is 9. The number of amides is 4. The van der Waals surface area contributed by atoms with Crippen LogP contribution in [0.5, 0.6) is 0 Å². The van der Waals surface area contributed by atoms with E-state index in [2.05, 4.69) is 15.4 Å². The van der Waals surface area contributed by atoms with Gasteiger partial charge in [0.15, 0.2) is 0 Å². The van der Waals surface area contributed by atoms with E-state index >= 15 is 0 Å². The topological polar surface area (TPSA) is 125 Å². The maximum absolute atomic E-state index is 12.4. The molecule has 1 aliphatic heterocycles. The summed E-state index contributed by atoms with van der Waals surface area (Å²) >= 11 is 0. The first-order valence-electron chi connectivity index (χ1n) is 10.2. The minimum atomic E-state index is -3.39. The molecule has 3 N–H and O–H groups in total. The van der Waals surface area contributed by atoms with Crippen LogP contribution in [-0.4, -0.2) is 43.7 Å². The van der Waals surface area contributed by atoms with E-state index in [1.165, 1.54) is 0 Å². The normalized spacial score (nSPS) is 14.0. The van der Waals surface area contributed by atoms with Gasteiger partial charge in [-0.05, 0) is 42.7 Å². The Morgan fingerprint density at radius 3 is 2.16 bits per heavy atom. The van der Waals surface area contributed by atoms with Crippen molar-refractivity contribution in [1.29, 1.82) is 0 Å². The summed E-state index contributed by atoms with van der Waals surface area (Å²) in [6.07, 6.45) is 0. The molecule has 10 heteroatoms. The lowest BCUT2D eigenvalue weighted by atomic mass is 10.1. The van der Waals surface area contributed by atoms with Crippen LogP contribution >= 0.6 is 0 Å². The lowest BCUT2D eigenvalue weighted by Gasteiger charge is -2.12. The van der Waals surface area contributed by atoms with Gasteiger partial charge in [-0.1, -0.05) is 36.4 Å². The molecule has 1 heterocycles. The Labute approximate surface area is 187 Å². The second-order valence-corrected chi connectivity index (χ2v) is 9.62. The number of urea groups is 1. The van der Waals surface area contributed by atoms with Crippen molar-refractivity contribution >= 4 is 27.9 Å². The largest absolute Gasteiger partial charge is 0.348 e. The summed E-state index contributed by atoms with van der Waals surface area (Å²) in [4.78, 5) is 36.8. The number of imide groups is 1. The van der Waals surface area contributed by atoms with Gasteiger partial charge in [-0.25, -0.2) is 17.9 Å². The number of hydrogen-bond acceptors (Lipinski definition) is 5. The maximum atomic E-state index is 12.4. The summed E-state index contributed by atoms with van der Waals surface area (Å²) in [6, 6.07) is 13.1. The van der Waals surface area contributed by atoms with Crippen LogP contribution in [0.4, 0.5) is 4.79 Å². The fourth-order valence-electron chi connectivity index (χ4n) is 3.22. The minimum Gasteiger partial charge on any atom is -0.348 e. The van der Waals surface area contributed by atoms with E-state index in [4.69, 9.17) is 0 Å². The minimum absolute atomic E-state index is 0.00491. The second-order valence-electron chi connectivity index (χ2n) is 7.87. The molecule has 1 aliphatic rings. The number of benzene rings is 2. The van der Waals surface area contributed by atoms with E-state index < -0.39 is 16.1 Å². The van der Waals surface area contributed by atoms with E-state index in [-0.39, 0.29) is 36.7 Å². The van der Waals surface area contributed by atoms with Crippen molar-refractivity contribution in [1.82, 2.24) is 20.3 Å². The predicted octanol–water partition coefficient (Wildman–Crippen LogP) is 1.50. The summed E-state index contributed by atoms with van der Waals surface area (Å²) in [6.45, 7) is 3.99. The van der Waals surface area contributed by atoms with E-state index in [9.17, 15) is 22.8 Å². The zero-order valence-corrected chi connectivity index (χ0v) is 18.7. The van der Waals surface area contributed by atoms with Gasteiger partial charge in [0.2, 0.25) is 15.9 Å². The molecule has 9 nitrogen and oxygen atoms in total. The fourth-order valence-corrected chi connectivity index (χ4v) is 4.65. The fraction of sp³-hybridized carbons (Fsp3) is 0.318. The smallest absolute Gasteiger partial charge is 0.324 e. The molecule has 0 spiro atoms. The van der Waals surface area contributed by atoms with Gasteiger partial charge in [0, 0.05) is 18.2 Å². The molecule has 0 radical (unpaired) electrons. The van der Waals surface area contributed by atoms with Gasteiger partial charge in [-0.15, -0.1) is 0 Å². The van der Waals surface area contributed by atoms with Crippen molar-refractivity contribution in [2.24, 2.45) is 0 Å². The lowest BCUT2D eigenvalue weighted by Crippen LogP contribution is -2.31. The van der Waals surface area contributed by atoms with Crippen LogP contribution in [0.25, 0.3) is 0 Å². The molecule has 0 aromatic heterocycles. The molecule has 4 amide bonds. The van der Waals surface area contributed by atoms with Gasteiger partial charge >= 0.3 is 6.03 Å². The summed E-state index contributed by atoms with van der Waals surface area (Å²) in [5.74, 6) is -0.648. The highest BCUT2D eigenvalue weighted by atomic mass is 32.2. The molecule has 0 bridgehead atoms. The Morgan fingerprint density at radius 2 is 1.59 bits per heavy atom. The quantitative estimate of drug-likeness (QED) is 0.491.